The molecule has 0 amide bonds. The molecule has 6 nitrogen and oxygen atoms in total. The average molecular weight is 363 g/mol. The van der Waals surface area contributed by atoms with Crippen LogP contribution >= 0.6 is 0 Å². The minimum Gasteiger partial charge on any atom is -0.368 e. The molecule has 0 saturated carbocycles. The van der Waals surface area contributed by atoms with E-state index in [4.69, 9.17) is 11.5 Å². The fourth-order valence-electron chi connectivity index (χ4n) is 4.87. The second-order valence-electron chi connectivity index (χ2n) is 9.14. The number of nitrogens with two attached hydrogens (primary N) is 2. The molecule has 1 aromatic rings. The molecule has 26 heavy (non-hydrogen) atoms. The molecule has 0 bridgehead atoms. The minimum absolute atomic E-state index is 0.205. The molecular formula is C20H38N6. The number of hydrogen-bond donors (Lipinski definition) is 2. The van der Waals surface area contributed by atoms with E-state index in [-0.39, 0.29) is 11.9 Å². The third-order valence-corrected chi connectivity index (χ3v) is 5.68. The SMILES string of the molecule is CCC(C)CC(C)(CC(C)C)CC1CCCN(c2nc(N)nc(N)n2)C1. The first-order valence-electron chi connectivity index (χ1n) is 10.2. The number of aromatic nitrogens is 3. The first kappa shape index (κ1) is 20.7. The van der Waals surface area contributed by atoms with Crippen LogP contribution in [-0.4, -0.2) is 28.0 Å². The third-order valence-electron chi connectivity index (χ3n) is 5.68. The van der Waals surface area contributed by atoms with Gasteiger partial charge in [0.2, 0.25) is 17.8 Å². The highest BCUT2D eigenvalue weighted by atomic mass is 15.3. The Labute approximate surface area is 159 Å². The van der Waals surface area contributed by atoms with Crippen LogP contribution in [0.25, 0.3) is 0 Å². The number of rotatable bonds is 8. The van der Waals surface area contributed by atoms with Gasteiger partial charge in [-0.15, -0.1) is 0 Å². The highest BCUT2D eigenvalue weighted by Crippen LogP contribution is 2.42. The number of nitrogens with zero attached hydrogens (tertiary/aromatic N) is 4. The maximum Gasteiger partial charge on any atom is 0.231 e. The molecule has 0 aromatic carbocycles. The molecule has 0 aliphatic carbocycles. The Morgan fingerprint density at radius 2 is 1.77 bits per heavy atom. The van der Waals surface area contributed by atoms with Crippen molar-refractivity contribution in [3.63, 3.8) is 0 Å². The lowest BCUT2D eigenvalue weighted by Crippen LogP contribution is -2.39. The molecule has 2 heterocycles. The van der Waals surface area contributed by atoms with Crippen molar-refractivity contribution < 1.29 is 0 Å². The number of piperidine rings is 1. The van der Waals surface area contributed by atoms with Crippen LogP contribution in [0.5, 0.6) is 0 Å². The molecule has 1 aromatic heterocycles. The van der Waals surface area contributed by atoms with Crippen LogP contribution in [0.15, 0.2) is 0 Å². The molecule has 3 unspecified atom stereocenters. The Bertz CT molecular complexity index is 555. The van der Waals surface area contributed by atoms with E-state index >= 15 is 0 Å². The summed E-state index contributed by atoms with van der Waals surface area (Å²) in [7, 11) is 0. The molecule has 6 heteroatoms. The zero-order chi connectivity index (χ0) is 19.3. The molecular weight excluding hydrogens is 324 g/mol. The summed E-state index contributed by atoms with van der Waals surface area (Å²) in [6.45, 7) is 13.8. The van der Waals surface area contributed by atoms with Crippen LogP contribution in [0.3, 0.4) is 0 Å². The van der Waals surface area contributed by atoms with Crippen LogP contribution in [0, 0.1) is 23.2 Å². The van der Waals surface area contributed by atoms with E-state index in [1.165, 1.54) is 32.1 Å². The summed E-state index contributed by atoms with van der Waals surface area (Å²) in [6.07, 6.45) is 7.57. The quantitative estimate of drug-likeness (QED) is 0.722. The summed E-state index contributed by atoms with van der Waals surface area (Å²) in [5.74, 6) is 3.21. The molecule has 1 aliphatic heterocycles. The predicted octanol–water partition coefficient (Wildman–Crippen LogP) is 4.13. The third kappa shape index (κ3) is 5.99. The predicted molar refractivity (Wildman–Crippen MR) is 110 cm³/mol. The van der Waals surface area contributed by atoms with Crippen molar-refractivity contribution in [1.29, 1.82) is 0 Å². The second-order valence-corrected chi connectivity index (χ2v) is 9.14. The van der Waals surface area contributed by atoms with E-state index in [1.54, 1.807) is 0 Å². The maximum absolute atomic E-state index is 5.76. The van der Waals surface area contributed by atoms with E-state index < -0.39 is 0 Å². The lowest BCUT2D eigenvalue weighted by molar-refractivity contribution is 0.144. The molecule has 2 rings (SSSR count). The van der Waals surface area contributed by atoms with Gasteiger partial charge >= 0.3 is 0 Å². The largest absolute Gasteiger partial charge is 0.368 e. The van der Waals surface area contributed by atoms with Crippen LogP contribution in [0.1, 0.15) is 73.1 Å². The van der Waals surface area contributed by atoms with Gasteiger partial charge < -0.3 is 16.4 Å². The van der Waals surface area contributed by atoms with E-state index in [0.29, 0.717) is 17.3 Å². The van der Waals surface area contributed by atoms with Crippen LogP contribution in [-0.2, 0) is 0 Å². The van der Waals surface area contributed by atoms with Crippen molar-refractivity contribution >= 4 is 17.8 Å². The summed E-state index contributed by atoms with van der Waals surface area (Å²) in [5.41, 5.74) is 11.9. The van der Waals surface area contributed by atoms with Gasteiger partial charge in [-0.3, -0.25) is 0 Å². The number of anilines is 3. The Kier molecular flexibility index (Phi) is 7.07. The minimum atomic E-state index is 0.205. The molecule has 0 radical (unpaired) electrons. The van der Waals surface area contributed by atoms with E-state index in [1.807, 2.05) is 0 Å². The van der Waals surface area contributed by atoms with E-state index in [9.17, 15) is 0 Å². The smallest absolute Gasteiger partial charge is 0.231 e. The molecule has 3 atom stereocenters. The first-order valence-corrected chi connectivity index (χ1v) is 10.2. The Morgan fingerprint density at radius 3 is 2.35 bits per heavy atom. The van der Waals surface area contributed by atoms with Gasteiger partial charge in [-0.05, 0) is 55.3 Å². The summed E-state index contributed by atoms with van der Waals surface area (Å²) in [4.78, 5) is 14.7. The highest BCUT2D eigenvalue weighted by Gasteiger charge is 2.33. The van der Waals surface area contributed by atoms with Gasteiger partial charge in [0.15, 0.2) is 0 Å². The summed E-state index contributed by atoms with van der Waals surface area (Å²) >= 11 is 0. The Hall–Kier alpha value is -1.59. The van der Waals surface area contributed by atoms with E-state index in [2.05, 4.69) is 54.5 Å². The van der Waals surface area contributed by atoms with Crippen molar-refractivity contribution in [1.82, 2.24) is 15.0 Å². The summed E-state index contributed by atoms with van der Waals surface area (Å²) in [5, 5.41) is 0. The zero-order valence-electron chi connectivity index (χ0n) is 17.3. The van der Waals surface area contributed by atoms with Gasteiger partial charge in [0.1, 0.15) is 0 Å². The van der Waals surface area contributed by atoms with Gasteiger partial charge in [0, 0.05) is 13.1 Å². The second kappa shape index (κ2) is 8.87. The fraction of sp³-hybridized carbons (Fsp3) is 0.850. The number of hydrogen-bond acceptors (Lipinski definition) is 6. The van der Waals surface area contributed by atoms with Crippen LogP contribution in [0.4, 0.5) is 17.8 Å². The van der Waals surface area contributed by atoms with Crippen molar-refractivity contribution in [2.75, 3.05) is 29.5 Å². The van der Waals surface area contributed by atoms with Gasteiger partial charge in [-0.25, -0.2) is 0 Å². The standard InChI is InChI=1S/C20H38N6/c1-6-15(4)11-20(5,10-14(2)3)12-16-8-7-9-26(13-16)19-24-17(21)23-18(22)25-19/h14-16H,6-13H2,1-5H3,(H4,21,22,23,24,25). The van der Waals surface area contributed by atoms with Gasteiger partial charge in [0.25, 0.3) is 0 Å². The lowest BCUT2D eigenvalue weighted by Gasteiger charge is -2.40. The Morgan fingerprint density at radius 1 is 1.12 bits per heavy atom. The van der Waals surface area contributed by atoms with Gasteiger partial charge in [0.05, 0.1) is 0 Å². The molecule has 0 spiro atoms. The molecule has 4 N–H and O–H groups in total. The topological polar surface area (TPSA) is 94.0 Å². The van der Waals surface area contributed by atoms with Gasteiger partial charge in [-0.1, -0.05) is 41.0 Å². The molecule has 1 fully saturated rings. The summed E-state index contributed by atoms with van der Waals surface area (Å²) < 4.78 is 0. The highest BCUT2D eigenvalue weighted by molar-refractivity contribution is 5.40. The lowest BCUT2D eigenvalue weighted by atomic mass is 9.69. The molecule has 148 valence electrons. The molecule has 1 saturated heterocycles. The summed E-state index contributed by atoms with van der Waals surface area (Å²) in [6, 6.07) is 0. The Balaban J connectivity index is 2.08. The monoisotopic (exact) mass is 362 g/mol. The average Bonchev–Trinajstić information content (AvgIpc) is 2.52. The van der Waals surface area contributed by atoms with E-state index in [0.717, 1.165) is 31.3 Å². The van der Waals surface area contributed by atoms with Crippen LogP contribution in [0.2, 0.25) is 0 Å². The van der Waals surface area contributed by atoms with Crippen molar-refractivity contribution in [3.8, 4) is 0 Å². The van der Waals surface area contributed by atoms with Crippen molar-refractivity contribution in [2.45, 2.75) is 73.1 Å². The molecule has 1 aliphatic rings. The normalized spacial score (nSPS) is 21.6. The first-order chi connectivity index (χ1) is 12.2. The fourth-order valence-corrected chi connectivity index (χ4v) is 4.87. The number of nitrogen functional groups attached to an aromatic ring is 2. The van der Waals surface area contributed by atoms with Crippen LogP contribution < -0.4 is 16.4 Å². The van der Waals surface area contributed by atoms with Crippen molar-refractivity contribution in [3.05, 3.63) is 0 Å². The zero-order valence-corrected chi connectivity index (χ0v) is 17.3. The van der Waals surface area contributed by atoms with Gasteiger partial charge in [-0.2, -0.15) is 15.0 Å². The maximum atomic E-state index is 5.76. The van der Waals surface area contributed by atoms with Crippen molar-refractivity contribution in [2.24, 2.45) is 23.2 Å².